The molecule has 0 saturated heterocycles. The Balaban J connectivity index is 2.01. The minimum absolute atomic E-state index is 0.0362. The third-order valence-electron chi connectivity index (χ3n) is 5.17. The Kier molecular flexibility index (Phi) is 7.55. The summed E-state index contributed by atoms with van der Waals surface area (Å²) >= 11 is 6.02. The van der Waals surface area contributed by atoms with E-state index in [1.165, 1.54) is 18.3 Å². The van der Waals surface area contributed by atoms with Gasteiger partial charge in [-0.3, -0.25) is 10.3 Å². The van der Waals surface area contributed by atoms with Gasteiger partial charge in [0.05, 0.1) is 40.9 Å². The van der Waals surface area contributed by atoms with Crippen LogP contribution in [0.5, 0.6) is 0 Å². The van der Waals surface area contributed by atoms with E-state index in [-0.39, 0.29) is 41.1 Å². The molecule has 188 valence electrons. The van der Waals surface area contributed by atoms with Gasteiger partial charge < -0.3 is 13.9 Å². The third kappa shape index (κ3) is 5.17. The van der Waals surface area contributed by atoms with Gasteiger partial charge in [0.15, 0.2) is 5.58 Å². The molecule has 0 atom stereocenters. The maximum atomic E-state index is 14.0. The number of furan rings is 1. The maximum absolute atomic E-state index is 14.0. The normalized spacial score (nSPS) is 10.6. The summed E-state index contributed by atoms with van der Waals surface area (Å²) in [6.45, 7) is 3.39. The fourth-order valence-corrected chi connectivity index (χ4v) is 3.83. The van der Waals surface area contributed by atoms with Crippen molar-refractivity contribution in [3.63, 3.8) is 0 Å². The zero-order valence-corrected chi connectivity index (χ0v) is 20.5. The average Bonchev–Trinajstić information content (AvgIpc) is 3.24. The van der Waals surface area contributed by atoms with E-state index in [2.05, 4.69) is 16.4 Å². The molecule has 2 aromatic heterocycles. The molecule has 0 radical (unpaired) electrons. The van der Waals surface area contributed by atoms with E-state index in [0.717, 1.165) is 11.0 Å². The maximum Gasteiger partial charge on any atom is 0.419 e. The molecule has 4 rings (SSSR count). The average molecular weight is 523 g/mol. The highest BCUT2D eigenvalue weighted by molar-refractivity contribution is 6.31. The van der Waals surface area contributed by atoms with Crippen molar-refractivity contribution in [3.8, 4) is 17.3 Å². The topological polar surface area (TPSA) is 118 Å². The summed E-state index contributed by atoms with van der Waals surface area (Å²) in [6, 6.07) is 14.1. The van der Waals surface area contributed by atoms with Crippen molar-refractivity contribution in [1.82, 2.24) is 4.98 Å². The number of nitrogens with zero attached hydrogens (tertiary/aromatic N) is 3. The van der Waals surface area contributed by atoms with Gasteiger partial charge in [-0.15, -0.1) is 0 Å². The number of hydrogen-bond acceptors (Lipinski definition) is 7. The Hall–Kier alpha value is -4.62. The Morgan fingerprint density at radius 1 is 1.16 bits per heavy atom. The first-order chi connectivity index (χ1) is 17.9. The lowest BCUT2D eigenvalue weighted by molar-refractivity contribution is 0.162. The number of anilines is 3. The van der Waals surface area contributed by atoms with Crippen LogP contribution in [0.3, 0.4) is 0 Å². The molecule has 2 heterocycles. The second-order valence-corrected chi connectivity index (χ2v) is 7.89. The lowest BCUT2D eigenvalue weighted by atomic mass is 10.1. The minimum atomic E-state index is -0.829. The van der Waals surface area contributed by atoms with Crippen LogP contribution in [0.25, 0.3) is 22.2 Å². The number of amides is 2. The molecular formula is C26H20ClFN4O5. The largest absolute Gasteiger partial charge is 0.450 e. The summed E-state index contributed by atoms with van der Waals surface area (Å²) < 4.78 is 30.3. The zero-order chi connectivity index (χ0) is 26.5. The van der Waals surface area contributed by atoms with Crippen LogP contribution in [-0.4, -0.2) is 30.4 Å². The lowest BCUT2D eigenvalue weighted by Gasteiger charge is -2.22. The second kappa shape index (κ2) is 11.0. The van der Waals surface area contributed by atoms with E-state index in [1.54, 1.807) is 44.2 Å². The van der Waals surface area contributed by atoms with Crippen molar-refractivity contribution in [3.05, 3.63) is 71.1 Å². The number of carbonyl (C=O) groups is 2. The molecule has 9 nitrogen and oxygen atoms in total. The van der Waals surface area contributed by atoms with Gasteiger partial charge in [-0.2, -0.15) is 5.26 Å². The molecule has 2 amide bonds. The number of fused-ring (bicyclic) bond motifs is 1. The first-order valence-corrected chi connectivity index (χ1v) is 11.5. The van der Waals surface area contributed by atoms with Crippen LogP contribution >= 0.6 is 11.6 Å². The molecule has 0 aliphatic rings. The van der Waals surface area contributed by atoms with Crippen LogP contribution in [-0.2, 0) is 9.47 Å². The van der Waals surface area contributed by atoms with E-state index in [1.807, 2.05) is 0 Å². The van der Waals surface area contributed by atoms with Gasteiger partial charge >= 0.3 is 12.2 Å². The second-order valence-electron chi connectivity index (χ2n) is 7.49. The molecule has 4 aromatic rings. The molecule has 2 aromatic carbocycles. The van der Waals surface area contributed by atoms with E-state index < -0.39 is 18.0 Å². The molecule has 11 heteroatoms. The molecule has 1 N–H and O–H groups in total. The number of nitrogens with one attached hydrogen (secondary N) is 1. The van der Waals surface area contributed by atoms with Gasteiger partial charge in [0, 0.05) is 11.8 Å². The van der Waals surface area contributed by atoms with Crippen molar-refractivity contribution in [2.24, 2.45) is 0 Å². The number of nitriles is 1. The molecule has 0 bridgehead atoms. The first kappa shape index (κ1) is 25.5. The molecule has 0 saturated carbocycles. The number of halogens is 2. The summed E-state index contributed by atoms with van der Waals surface area (Å²) in [7, 11) is 0. The molecule has 0 fully saturated rings. The third-order valence-corrected chi connectivity index (χ3v) is 5.46. The van der Waals surface area contributed by atoms with E-state index in [0.29, 0.717) is 22.2 Å². The molecular weight excluding hydrogens is 503 g/mol. The van der Waals surface area contributed by atoms with Gasteiger partial charge in [0.2, 0.25) is 5.88 Å². The summed E-state index contributed by atoms with van der Waals surface area (Å²) in [5.41, 5.74) is 1.78. The summed E-state index contributed by atoms with van der Waals surface area (Å²) in [6.07, 6.45) is -0.167. The van der Waals surface area contributed by atoms with Crippen molar-refractivity contribution >= 4 is 52.0 Å². The van der Waals surface area contributed by atoms with Crippen molar-refractivity contribution in [1.29, 1.82) is 5.26 Å². The van der Waals surface area contributed by atoms with Crippen LogP contribution in [0.1, 0.15) is 19.4 Å². The molecule has 37 heavy (non-hydrogen) atoms. The number of ether oxygens (including phenoxy) is 2. The van der Waals surface area contributed by atoms with E-state index in [9.17, 15) is 19.2 Å². The highest BCUT2D eigenvalue weighted by Crippen LogP contribution is 2.45. The lowest BCUT2D eigenvalue weighted by Crippen LogP contribution is -2.28. The minimum Gasteiger partial charge on any atom is -0.450 e. The van der Waals surface area contributed by atoms with E-state index in [4.69, 9.17) is 25.5 Å². The standard InChI is InChI=1S/C26H20ClFN4O5/c1-3-35-25(33)31-24-22(32(26(34)36-4-2)17-8-9-20(28)19(27)13-17)18-10-11-30-21(23(18)37-24)16-7-5-6-15(12-16)14-29/h5-13H,3-4H2,1-2H3,(H,31,33). The first-order valence-electron chi connectivity index (χ1n) is 11.2. The Bertz CT molecular complexity index is 1530. The van der Waals surface area contributed by atoms with Crippen LogP contribution in [0.4, 0.5) is 31.2 Å². The van der Waals surface area contributed by atoms with Gasteiger partial charge in [0.25, 0.3) is 0 Å². The fourth-order valence-electron chi connectivity index (χ4n) is 3.66. The SMILES string of the molecule is CCOC(=O)Nc1oc2c(-c3cccc(C#N)c3)nccc2c1N(C(=O)OCC)c1ccc(F)c(Cl)c1. The number of pyridine rings is 1. The van der Waals surface area contributed by atoms with Gasteiger partial charge in [-0.05, 0) is 50.2 Å². The zero-order valence-electron chi connectivity index (χ0n) is 19.7. The predicted octanol–water partition coefficient (Wildman–Crippen LogP) is 7.02. The molecule has 0 aliphatic heterocycles. The van der Waals surface area contributed by atoms with Crippen LogP contribution < -0.4 is 10.2 Å². The fraction of sp³-hybridized carbons (Fsp3) is 0.154. The Morgan fingerprint density at radius 2 is 1.95 bits per heavy atom. The Labute approximate surface area is 216 Å². The van der Waals surface area contributed by atoms with Gasteiger partial charge in [0.1, 0.15) is 17.2 Å². The number of hydrogen-bond donors (Lipinski definition) is 1. The number of carbonyl (C=O) groups excluding carboxylic acids is 2. The van der Waals surface area contributed by atoms with E-state index >= 15 is 0 Å². The summed E-state index contributed by atoms with van der Waals surface area (Å²) in [4.78, 5) is 31.1. The predicted molar refractivity (Wildman–Crippen MR) is 135 cm³/mol. The number of rotatable bonds is 6. The van der Waals surface area contributed by atoms with Crippen molar-refractivity contribution in [2.75, 3.05) is 23.4 Å². The smallest absolute Gasteiger partial charge is 0.419 e. The van der Waals surface area contributed by atoms with Crippen molar-refractivity contribution in [2.45, 2.75) is 13.8 Å². The monoisotopic (exact) mass is 522 g/mol. The van der Waals surface area contributed by atoms with Crippen LogP contribution in [0.2, 0.25) is 5.02 Å². The quantitative estimate of drug-likeness (QED) is 0.289. The van der Waals surface area contributed by atoms with Crippen LogP contribution in [0, 0.1) is 17.1 Å². The molecule has 0 spiro atoms. The number of aromatic nitrogens is 1. The molecule has 0 unspecified atom stereocenters. The summed E-state index contributed by atoms with van der Waals surface area (Å²) in [5.74, 6) is -0.826. The van der Waals surface area contributed by atoms with Crippen molar-refractivity contribution < 1.29 is 27.9 Å². The highest BCUT2D eigenvalue weighted by Gasteiger charge is 2.31. The number of benzene rings is 2. The summed E-state index contributed by atoms with van der Waals surface area (Å²) in [5, 5.41) is 12.0. The van der Waals surface area contributed by atoms with Gasteiger partial charge in [-0.25, -0.2) is 18.9 Å². The Morgan fingerprint density at radius 3 is 2.65 bits per heavy atom. The highest BCUT2D eigenvalue weighted by atomic mass is 35.5. The molecule has 0 aliphatic carbocycles. The van der Waals surface area contributed by atoms with Gasteiger partial charge in [-0.1, -0.05) is 23.7 Å². The van der Waals surface area contributed by atoms with Crippen LogP contribution in [0.15, 0.2) is 59.1 Å².